The van der Waals surface area contributed by atoms with Crippen LogP contribution in [0.1, 0.15) is 5.56 Å². The zero-order valence-electron chi connectivity index (χ0n) is 8.39. The molecule has 0 heterocycles. The summed E-state index contributed by atoms with van der Waals surface area (Å²) in [5.74, 6) is 0. The van der Waals surface area contributed by atoms with Crippen LogP contribution >= 0.6 is 9.47 Å². The Labute approximate surface area is 92.4 Å². The van der Waals surface area contributed by atoms with Crippen molar-refractivity contribution >= 4 is 9.47 Å². The van der Waals surface area contributed by atoms with E-state index in [-0.39, 0.29) is 0 Å². The van der Waals surface area contributed by atoms with E-state index >= 15 is 0 Å². The van der Waals surface area contributed by atoms with E-state index < -0.39 is 0 Å². The van der Waals surface area contributed by atoms with Crippen molar-refractivity contribution in [1.82, 2.24) is 0 Å². The average molecular weight is 216 g/mol. The SMILES string of the molecule is POCc1ccc(-c2ccccc2)cc1. The van der Waals surface area contributed by atoms with E-state index in [9.17, 15) is 0 Å². The van der Waals surface area contributed by atoms with Gasteiger partial charge >= 0.3 is 0 Å². The van der Waals surface area contributed by atoms with Crippen molar-refractivity contribution in [3.63, 3.8) is 0 Å². The molecular weight excluding hydrogens is 203 g/mol. The molecular formula is C13H13OP. The minimum absolute atomic E-state index is 0.639. The molecule has 0 aliphatic rings. The van der Waals surface area contributed by atoms with Crippen molar-refractivity contribution in [3.8, 4) is 11.1 Å². The highest BCUT2D eigenvalue weighted by Crippen LogP contribution is 2.19. The van der Waals surface area contributed by atoms with Gasteiger partial charge in [-0.25, -0.2) is 0 Å². The van der Waals surface area contributed by atoms with Crippen LogP contribution in [0.25, 0.3) is 11.1 Å². The first-order valence-corrected chi connectivity index (χ1v) is 5.33. The summed E-state index contributed by atoms with van der Waals surface area (Å²) in [7, 11) is 2.26. The van der Waals surface area contributed by atoms with Gasteiger partial charge in [-0.1, -0.05) is 54.6 Å². The second-order valence-electron chi connectivity index (χ2n) is 3.37. The lowest BCUT2D eigenvalue weighted by atomic mass is 10.0. The van der Waals surface area contributed by atoms with E-state index in [0.29, 0.717) is 6.61 Å². The van der Waals surface area contributed by atoms with E-state index in [4.69, 9.17) is 4.52 Å². The Morgan fingerprint density at radius 3 is 2.00 bits per heavy atom. The lowest BCUT2D eigenvalue weighted by Crippen LogP contribution is -1.83. The first-order valence-electron chi connectivity index (χ1n) is 4.86. The molecule has 1 atom stereocenters. The molecule has 0 N–H and O–H groups in total. The highest BCUT2D eigenvalue weighted by molar-refractivity contribution is 7.09. The predicted octanol–water partition coefficient (Wildman–Crippen LogP) is 3.66. The fourth-order valence-electron chi connectivity index (χ4n) is 1.52. The maximum absolute atomic E-state index is 4.99. The van der Waals surface area contributed by atoms with Gasteiger partial charge in [0.05, 0.1) is 6.61 Å². The summed E-state index contributed by atoms with van der Waals surface area (Å²) in [5.41, 5.74) is 3.67. The summed E-state index contributed by atoms with van der Waals surface area (Å²) in [6.07, 6.45) is 0. The third kappa shape index (κ3) is 2.65. The Balaban J connectivity index is 2.24. The van der Waals surface area contributed by atoms with Crippen LogP contribution in [0.5, 0.6) is 0 Å². The van der Waals surface area contributed by atoms with Crippen LogP contribution in [0.2, 0.25) is 0 Å². The summed E-state index contributed by atoms with van der Waals surface area (Å²) in [5, 5.41) is 0. The Morgan fingerprint density at radius 1 is 0.800 bits per heavy atom. The van der Waals surface area contributed by atoms with Gasteiger partial charge < -0.3 is 4.52 Å². The molecule has 0 aromatic heterocycles. The number of hydrogen-bond donors (Lipinski definition) is 0. The third-order valence-corrected chi connectivity index (χ3v) is 2.48. The molecule has 0 aliphatic heterocycles. The summed E-state index contributed by atoms with van der Waals surface area (Å²) in [4.78, 5) is 0. The molecule has 2 heteroatoms. The van der Waals surface area contributed by atoms with Crippen molar-refractivity contribution < 1.29 is 4.52 Å². The van der Waals surface area contributed by atoms with Gasteiger partial charge in [-0.15, -0.1) is 0 Å². The Morgan fingerprint density at radius 2 is 1.40 bits per heavy atom. The molecule has 0 aliphatic carbocycles. The number of hydrogen-bond acceptors (Lipinski definition) is 1. The number of benzene rings is 2. The average Bonchev–Trinajstić information content (AvgIpc) is 2.32. The molecule has 0 spiro atoms. The Hall–Kier alpha value is -1.17. The van der Waals surface area contributed by atoms with Gasteiger partial charge in [0.25, 0.3) is 0 Å². The lowest BCUT2D eigenvalue weighted by Gasteiger charge is -2.03. The third-order valence-electron chi connectivity index (χ3n) is 2.31. The molecule has 0 radical (unpaired) electrons. The van der Waals surface area contributed by atoms with Crippen molar-refractivity contribution in [2.75, 3.05) is 0 Å². The van der Waals surface area contributed by atoms with Crippen LogP contribution in [0.4, 0.5) is 0 Å². The molecule has 76 valence electrons. The second kappa shape index (κ2) is 5.06. The van der Waals surface area contributed by atoms with Crippen molar-refractivity contribution in [2.45, 2.75) is 6.61 Å². The number of rotatable bonds is 3. The lowest BCUT2D eigenvalue weighted by molar-refractivity contribution is 0.362. The van der Waals surface area contributed by atoms with E-state index in [1.54, 1.807) is 0 Å². The van der Waals surface area contributed by atoms with Gasteiger partial charge in [-0.2, -0.15) is 0 Å². The summed E-state index contributed by atoms with van der Waals surface area (Å²) in [6, 6.07) is 18.8. The maximum atomic E-state index is 4.99. The van der Waals surface area contributed by atoms with Gasteiger partial charge in [-0.05, 0) is 16.7 Å². The zero-order chi connectivity index (χ0) is 10.5. The monoisotopic (exact) mass is 216 g/mol. The molecule has 0 saturated heterocycles. The molecule has 0 fully saturated rings. The standard InChI is InChI=1S/C13H13OP/c15-14-10-11-6-8-13(9-7-11)12-4-2-1-3-5-12/h1-9H,10,15H2. The first kappa shape index (κ1) is 10.4. The highest BCUT2D eigenvalue weighted by atomic mass is 31.0. The van der Waals surface area contributed by atoms with Crippen LogP contribution in [0.3, 0.4) is 0 Å². The van der Waals surface area contributed by atoms with Crippen molar-refractivity contribution in [1.29, 1.82) is 0 Å². The molecule has 0 amide bonds. The van der Waals surface area contributed by atoms with Crippen LogP contribution in [0, 0.1) is 0 Å². The van der Waals surface area contributed by atoms with Crippen molar-refractivity contribution in [2.24, 2.45) is 0 Å². The first-order chi connectivity index (χ1) is 7.40. The van der Waals surface area contributed by atoms with E-state index in [1.165, 1.54) is 16.7 Å². The van der Waals surface area contributed by atoms with Crippen LogP contribution in [-0.2, 0) is 11.1 Å². The molecule has 1 unspecified atom stereocenters. The topological polar surface area (TPSA) is 9.23 Å². The Kier molecular flexibility index (Phi) is 3.49. The minimum Gasteiger partial charge on any atom is -0.361 e. The molecule has 2 aromatic carbocycles. The maximum Gasteiger partial charge on any atom is 0.0752 e. The largest absolute Gasteiger partial charge is 0.361 e. The van der Waals surface area contributed by atoms with Gasteiger partial charge in [-0.3, -0.25) is 0 Å². The van der Waals surface area contributed by atoms with E-state index in [1.807, 2.05) is 6.07 Å². The Bertz CT molecular complexity index is 408. The van der Waals surface area contributed by atoms with Crippen LogP contribution in [-0.4, -0.2) is 0 Å². The summed E-state index contributed by atoms with van der Waals surface area (Å²) >= 11 is 0. The molecule has 15 heavy (non-hydrogen) atoms. The molecule has 1 nitrogen and oxygen atoms in total. The predicted molar refractivity (Wildman–Crippen MR) is 66.4 cm³/mol. The second-order valence-corrected chi connectivity index (χ2v) is 3.71. The quantitative estimate of drug-likeness (QED) is 0.711. The summed E-state index contributed by atoms with van der Waals surface area (Å²) < 4.78 is 4.99. The molecule has 0 saturated carbocycles. The molecule has 2 rings (SSSR count). The van der Waals surface area contributed by atoms with E-state index in [2.05, 4.69) is 58.0 Å². The van der Waals surface area contributed by atoms with E-state index in [0.717, 1.165) is 0 Å². The molecule has 2 aromatic rings. The minimum atomic E-state index is 0.639. The zero-order valence-corrected chi connectivity index (χ0v) is 9.54. The normalized spacial score (nSPS) is 10.2. The molecule has 0 bridgehead atoms. The van der Waals surface area contributed by atoms with Gasteiger partial charge in [0.1, 0.15) is 0 Å². The fourth-order valence-corrected chi connectivity index (χ4v) is 1.71. The summed E-state index contributed by atoms with van der Waals surface area (Å²) in [6.45, 7) is 0.639. The highest BCUT2D eigenvalue weighted by Gasteiger charge is 1.96. The van der Waals surface area contributed by atoms with Gasteiger partial charge in [0, 0.05) is 9.47 Å². The smallest absolute Gasteiger partial charge is 0.0752 e. The fraction of sp³-hybridized carbons (Fsp3) is 0.0769. The van der Waals surface area contributed by atoms with Crippen LogP contribution < -0.4 is 0 Å². The van der Waals surface area contributed by atoms with Crippen LogP contribution in [0.15, 0.2) is 54.6 Å². The van der Waals surface area contributed by atoms with Gasteiger partial charge in [0.15, 0.2) is 0 Å². The van der Waals surface area contributed by atoms with Crippen molar-refractivity contribution in [3.05, 3.63) is 60.2 Å². The van der Waals surface area contributed by atoms with Gasteiger partial charge in [0.2, 0.25) is 0 Å².